The molecule has 78 valence electrons. The van der Waals surface area contributed by atoms with Crippen LogP contribution in [0.5, 0.6) is 0 Å². The Morgan fingerprint density at radius 2 is 2.36 bits per heavy atom. The topological polar surface area (TPSA) is 26.3 Å². The van der Waals surface area contributed by atoms with Crippen molar-refractivity contribution in [2.45, 2.75) is 13.3 Å². The van der Waals surface area contributed by atoms with Crippen molar-refractivity contribution in [3.05, 3.63) is 20.8 Å². The fraction of sp³-hybridized carbons (Fsp3) is 0.500. The molecule has 0 aliphatic heterocycles. The van der Waals surface area contributed by atoms with Gasteiger partial charge in [0.15, 0.2) is 5.78 Å². The monoisotopic (exact) mass is 276 g/mol. The molecule has 0 saturated heterocycles. The zero-order valence-corrected chi connectivity index (χ0v) is 10.7. The maximum absolute atomic E-state index is 11.7. The highest BCUT2D eigenvalue weighted by Gasteiger charge is 2.14. The molecule has 1 heterocycles. The summed E-state index contributed by atoms with van der Waals surface area (Å²) >= 11 is 4.89. The third kappa shape index (κ3) is 3.19. The highest BCUT2D eigenvalue weighted by atomic mass is 79.9. The Labute approximate surface area is 96.4 Å². The third-order valence-electron chi connectivity index (χ3n) is 1.90. The van der Waals surface area contributed by atoms with Gasteiger partial charge in [0.05, 0.1) is 0 Å². The standard InChI is InChI=1S/C10H13BrO2S/c1-7(4-13-2)3-10(12)8-5-14-6-9(8)11/h5-7H,3-4H2,1-2H3. The molecule has 0 saturated carbocycles. The summed E-state index contributed by atoms with van der Waals surface area (Å²) in [6.07, 6.45) is 0.545. The van der Waals surface area contributed by atoms with Crippen LogP contribution in [0, 0.1) is 5.92 Å². The van der Waals surface area contributed by atoms with Crippen molar-refractivity contribution in [3.63, 3.8) is 0 Å². The fourth-order valence-electron chi connectivity index (χ4n) is 1.25. The van der Waals surface area contributed by atoms with Crippen molar-refractivity contribution in [2.24, 2.45) is 5.92 Å². The van der Waals surface area contributed by atoms with Gasteiger partial charge in [-0.1, -0.05) is 6.92 Å². The first-order valence-corrected chi connectivity index (χ1v) is 6.12. The molecule has 1 rings (SSSR count). The van der Waals surface area contributed by atoms with Gasteiger partial charge in [0.2, 0.25) is 0 Å². The number of hydrogen-bond acceptors (Lipinski definition) is 3. The second-order valence-corrected chi connectivity index (χ2v) is 4.92. The van der Waals surface area contributed by atoms with E-state index in [-0.39, 0.29) is 11.7 Å². The Balaban J connectivity index is 2.55. The number of rotatable bonds is 5. The third-order valence-corrected chi connectivity index (χ3v) is 3.60. The van der Waals surface area contributed by atoms with Crippen molar-refractivity contribution in [3.8, 4) is 0 Å². The molecule has 0 spiro atoms. The number of carbonyl (C=O) groups excluding carboxylic acids is 1. The van der Waals surface area contributed by atoms with Crippen LogP contribution in [0.2, 0.25) is 0 Å². The molecule has 0 aliphatic rings. The van der Waals surface area contributed by atoms with Gasteiger partial charge in [-0.3, -0.25) is 4.79 Å². The largest absolute Gasteiger partial charge is 0.384 e. The zero-order chi connectivity index (χ0) is 10.6. The molecule has 4 heteroatoms. The van der Waals surface area contributed by atoms with Crippen LogP contribution in [0.15, 0.2) is 15.2 Å². The van der Waals surface area contributed by atoms with Gasteiger partial charge in [0.25, 0.3) is 0 Å². The van der Waals surface area contributed by atoms with Gasteiger partial charge in [0.1, 0.15) is 0 Å². The lowest BCUT2D eigenvalue weighted by molar-refractivity contribution is 0.0920. The van der Waals surface area contributed by atoms with E-state index in [1.165, 1.54) is 11.3 Å². The summed E-state index contributed by atoms with van der Waals surface area (Å²) in [6.45, 7) is 2.65. The lowest BCUT2D eigenvalue weighted by Crippen LogP contribution is -2.10. The van der Waals surface area contributed by atoms with Crippen LogP contribution in [0.25, 0.3) is 0 Å². The van der Waals surface area contributed by atoms with Crippen LogP contribution < -0.4 is 0 Å². The van der Waals surface area contributed by atoms with Gasteiger partial charge in [-0.2, -0.15) is 11.3 Å². The van der Waals surface area contributed by atoms with E-state index in [1.54, 1.807) is 7.11 Å². The Hall–Kier alpha value is -0.190. The molecule has 1 unspecified atom stereocenters. The second kappa shape index (κ2) is 5.63. The highest BCUT2D eigenvalue weighted by Crippen LogP contribution is 2.23. The van der Waals surface area contributed by atoms with Crippen LogP contribution in [0.1, 0.15) is 23.7 Å². The molecule has 0 amide bonds. The quantitative estimate of drug-likeness (QED) is 0.771. The highest BCUT2D eigenvalue weighted by molar-refractivity contribution is 9.10. The molecule has 1 atom stereocenters. The summed E-state index contributed by atoms with van der Waals surface area (Å²) in [4.78, 5) is 11.7. The minimum atomic E-state index is 0.183. The Kier molecular flexibility index (Phi) is 4.78. The van der Waals surface area contributed by atoms with Gasteiger partial charge < -0.3 is 4.74 Å². The molecule has 2 nitrogen and oxygen atoms in total. The number of thiophene rings is 1. The molecule has 14 heavy (non-hydrogen) atoms. The minimum absolute atomic E-state index is 0.183. The number of hydrogen-bond donors (Lipinski definition) is 0. The van der Waals surface area contributed by atoms with Crippen LogP contribution in [-0.2, 0) is 4.74 Å². The van der Waals surface area contributed by atoms with Crippen LogP contribution in [0.4, 0.5) is 0 Å². The van der Waals surface area contributed by atoms with E-state index in [9.17, 15) is 4.79 Å². The van der Waals surface area contributed by atoms with Gasteiger partial charge in [-0.25, -0.2) is 0 Å². The van der Waals surface area contributed by atoms with Crippen molar-refractivity contribution >= 4 is 33.0 Å². The summed E-state index contributed by atoms with van der Waals surface area (Å²) in [7, 11) is 1.65. The molecular weight excluding hydrogens is 264 g/mol. The average molecular weight is 277 g/mol. The normalized spacial score (nSPS) is 12.8. The maximum Gasteiger partial charge on any atom is 0.165 e. The molecule has 1 aromatic rings. The second-order valence-electron chi connectivity index (χ2n) is 3.32. The number of halogens is 1. The molecule has 0 bridgehead atoms. The van der Waals surface area contributed by atoms with Crippen molar-refractivity contribution in [1.29, 1.82) is 0 Å². The number of ketones is 1. The van der Waals surface area contributed by atoms with Gasteiger partial charge in [0, 0.05) is 40.9 Å². The number of Topliss-reactive ketones (excluding diaryl/α,β-unsaturated/α-hetero) is 1. The van der Waals surface area contributed by atoms with E-state index < -0.39 is 0 Å². The summed E-state index contributed by atoms with van der Waals surface area (Å²) < 4.78 is 5.89. The predicted molar refractivity (Wildman–Crippen MR) is 62.0 cm³/mol. The predicted octanol–water partition coefficient (Wildman–Crippen LogP) is 3.37. The molecule has 0 aromatic carbocycles. The summed E-state index contributed by atoms with van der Waals surface area (Å²) in [5.74, 6) is 0.460. The van der Waals surface area contributed by atoms with Gasteiger partial charge >= 0.3 is 0 Å². The van der Waals surface area contributed by atoms with Crippen molar-refractivity contribution < 1.29 is 9.53 Å². The van der Waals surface area contributed by atoms with Gasteiger partial charge in [-0.15, -0.1) is 0 Å². The van der Waals surface area contributed by atoms with Crippen LogP contribution in [0.3, 0.4) is 0 Å². The Morgan fingerprint density at radius 1 is 1.64 bits per heavy atom. The zero-order valence-electron chi connectivity index (χ0n) is 8.25. The Morgan fingerprint density at radius 3 is 2.86 bits per heavy atom. The SMILES string of the molecule is COCC(C)CC(=O)c1cscc1Br. The molecular formula is C10H13BrO2S. The van der Waals surface area contributed by atoms with Gasteiger partial charge in [-0.05, 0) is 21.8 Å². The average Bonchev–Trinajstić information content (AvgIpc) is 2.51. The summed E-state index contributed by atoms with van der Waals surface area (Å²) in [5, 5.41) is 3.81. The van der Waals surface area contributed by atoms with Crippen LogP contribution >= 0.6 is 27.3 Å². The molecule has 0 N–H and O–H groups in total. The molecule has 0 aliphatic carbocycles. The van der Waals surface area contributed by atoms with E-state index in [0.717, 1.165) is 10.0 Å². The van der Waals surface area contributed by atoms with E-state index in [2.05, 4.69) is 15.9 Å². The first-order valence-electron chi connectivity index (χ1n) is 4.39. The van der Waals surface area contributed by atoms with Crippen molar-refractivity contribution in [1.82, 2.24) is 0 Å². The molecule has 0 fully saturated rings. The maximum atomic E-state index is 11.7. The Bertz CT molecular complexity index is 309. The minimum Gasteiger partial charge on any atom is -0.384 e. The molecule has 1 aromatic heterocycles. The lowest BCUT2D eigenvalue weighted by atomic mass is 10.0. The van der Waals surface area contributed by atoms with E-state index in [0.29, 0.717) is 13.0 Å². The van der Waals surface area contributed by atoms with Crippen LogP contribution in [-0.4, -0.2) is 19.5 Å². The van der Waals surface area contributed by atoms with E-state index in [4.69, 9.17) is 4.74 Å². The first-order chi connectivity index (χ1) is 6.65. The molecule has 0 radical (unpaired) electrons. The summed E-state index contributed by atoms with van der Waals surface area (Å²) in [6, 6.07) is 0. The fourth-order valence-corrected chi connectivity index (χ4v) is 2.77. The number of methoxy groups -OCH3 is 1. The first kappa shape index (κ1) is 11.9. The smallest absolute Gasteiger partial charge is 0.165 e. The number of ether oxygens (including phenoxy) is 1. The van der Waals surface area contributed by atoms with E-state index in [1.807, 2.05) is 17.7 Å². The van der Waals surface area contributed by atoms with E-state index >= 15 is 0 Å². The number of carbonyl (C=O) groups is 1. The summed E-state index contributed by atoms with van der Waals surface area (Å²) in [5.41, 5.74) is 0.790. The lowest BCUT2D eigenvalue weighted by Gasteiger charge is -2.08. The van der Waals surface area contributed by atoms with Crippen molar-refractivity contribution in [2.75, 3.05) is 13.7 Å².